The summed E-state index contributed by atoms with van der Waals surface area (Å²) in [6, 6.07) is 0. The van der Waals surface area contributed by atoms with Gasteiger partial charge in [-0.3, -0.25) is 0 Å². The standard InChI is InChI=1S/2C5H12NO.Pt/c2*1-5(2,3)4-6-7;/h2*6H,4H2,1-3H3;/q2*-1;+2. The van der Waals surface area contributed by atoms with Gasteiger partial charge in [0.05, 0.1) is 0 Å². The van der Waals surface area contributed by atoms with Crippen LogP contribution in [-0.2, 0) is 21.1 Å². The summed E-state index contributed by atoms with van der Waals surface area (Å²) >= 11 is 0. The van der Waals surface area contributed by atoms with Crippen molar-refractivity contribution in [3.8, 4) is 0 Å². The van der Waals surface area contributed by atoms with Crippen LogP contribution in [0, 0.1) is 21.2 Å². The minimum absolute atomic E-state index is 0. The van der Waals surface area contributed by atoms with Crippen molar-refractivity contribution in [2.24, 2.45) is 10.8 Å². The van der Waals surface area contributed by atoms with E-state index in [0.717, 1.165) is 0 Å². The van der Waals surface area contributed by atoms with Crippen LogP contribution in [-0.4, -0.2) is 13.1 Å². The van der Waals surface area contributed by atoms with Gasteiger partial charge in [-0.25, -0.2) is 0 Å². The zero-order chi connectivity index (χ0) is 11.8. The normalized spacial score (nSPS) is 11.2. The van der Waals surface area contributed by atoms with E-state index in [2.05, 4.69) is 0 Å². The summed E-state index contributed by atoms with van der Waals surface area (Å²) in [4.78, 5) is 0. The van der Waals surface area contributed by atoms with Crippen LogP contribution in [0.5, 0.6) is 0 Å². The Bertz CT molecular complexity index is 114. The molecule has 0 atom stereocenters. The van der Waals surface area contributed by atoms with E-state index >= 15 is 0 Å². The molecule has 4 nitrogen and oxygen atoms in total. The van der Waals surface area contributed by atoms with Crippen LogP contribution in [0.15, 0.2) is 0 Å². The monoisotopic (exact) mass is 399 g/mol. The molecule has 0 amide bonds. The second kappa shape index (κ2) is 9.73. The van der Waals surface area contributed by atoms with Gasteiger partial charge in [0.2, 0.25) is 0 Å². The third-order valence-corrected chi connectivity index (χ3v) is 1.20. The molecule has 0 aromatic heterocycles. The van der Waals surface area contributed by atoms with Gasteiger partial charge in [-0.15, -0.1) is 0 Å². The van der Waals surface area contributed by atoms with Gasteiger partial charge in [-0.1, -0.05) is 41.5 Å². The number of hydrogen-bond acceptors (Lipinski definition) is 4. The van der Waals surface area contributed by atoms with Gasteiger partial charge < -0.3 is 21.4 Å². The van der Waals surface area contributed by atoms with Gasteiger partial charge >= 0.3 is 21.1 Å². The molecule has 0 aromatic rings. The largest absolute Gasteiger partial charge is 2.00 e. The van der Waals surface area contributed by atoms with Crippen molar-refractivity contribution in [3.05, 3.63) is 10.4 Å². The summed E-state index contributed by atoms with van der Waals surface area (Å²) in [5, 5.41) is 19.4. The summed E-state index contributed by atoms with van der Waals surface area (Å²) in [6.07, 6.45) is 0. The molecule has 0 aromatic carbocycles. The molecule has 2 N–H and O–H groups in total. The first-order valence-corrected chi connectivity index (χ1v) is 4.82. The van der Waals surface area contributed by atoms with Gasteiger partial charge in [-0.05, 0) is 23.9 Å². The third kappa shape index (κ3) is 31.4. The fraction of sp³-hybridized carbons (Fsp3) is 1.00. The van der Waals surface area contributed by atoms with Crippen molar-refractivity contribution in [2.45, 2.75) is 41.5 Å². The van der Waals surface area contributed by atoms with Crippen LogP contribution >= 0.6 is 0 Å². The molecule has 0 fully saturated rings. The Labute approximate surface area is 108 Å². The first-order valence-electron chi connectivity index (χ1n) is 4.82. The summed E-state index contributed by atoms with van der Waals surface area (Å²) in [5.74, 6) is 0. The van der Waals surface area contributed by atoms with Gasteiger partial charge in [0.1, 0.15) is 0 Å². The zero-order valence-electron chi connectivity index (χ0n) is 10.5. The van der Waals surface area contributed by atoms with Gasteiger partial charge in [-0.2, -0.15) is 0 Å². The SMILES string of the molecule is CC(C)(C)CN[O-].CC(C)(C)CN[O-].[Pt+2]. The number of nitrogens with one attached hydrogen (secondary N) is 2. The summed E-state index contributed by atoms with van der Waals surface area (Å²) in [7, 11) is 0. The van der Waals surface area contributed by atoms with E-state index in [4.69, 9.17) is 0 Å². The third-order valence-electron chi connectivity index (χ3n) is 1.20. The Kier molecular flexibility index (Phi) is 13.5. The molecule has 0 aliphatic rings. The van der Waals surface area contributed by atoms with E-state index in [1.165, 1.54) is 0 Å². The van der Waals surface area contributed by atoms with Crippen molar-refractivity contribution in [2.75, 3.05) is 13.1 Å². The summed E-state index contributed by atoms with van der Waals surface area (Å²) in [6.45, 7) is 13.1. The van der Waals surface area contributed by atoms with E-state index in [0.29, 0.717) is 13.1 Å². The molecular formula is C10H24N2O2Pt. The maximum Gasteiger partial charge on any atom is 2.00 e. The summed E-state index contributed by atoms with van der Waals surface area (Å²) in [5.41, 5.74) is 3.97. The van der Waals surface area contributed by atoms with Crippen LogP contribution in [0.1, 0.15) is 41.5 Å². The average Bonchev–Trinajstić information content (AvgIpc) is 1.81. The van der Waals surface area contributed by atoms with Crippen molar-refractivity contribution in [1.82, 2.24) is 11.0 Å². The maximum atomic E-state index is 9.70. The van der Waals surface area contributed by atoms with Crippen LogP contribution in [0.3, 0.4) is 0 Å². The van der Waals surface area contributed by atoms with Crippen molar-refractivity contribution in [1.29, 1.82) is 0 Å². The first kappa shape index (κ1) is 20.9. The first-order chi connectivity index (χ1) is 6.12. The second-order valence-electron chi connectivity index (χ2n) is 5.76. The smallest absolute Gasteiger partial charge is 0.788 e. The molecule has 0 radical (unpaired) electrons. The topological polar surface area (TPSA) is 70.2 Å². The fourth-order valence-corrected chi connectivity index (χ4v) is 0.433. The average molecular weight is 399 g/mol. The van der Waals surface area contributed by atoms with Gasteiger partial charge in [0.25, 0.3) is 0 Å². The van der Waals surface area contributed by atoms with Crippen LogP contribution in [0.2, 0.25) is 0 Å². The number of rotatable bonds is 2. The second-order valence-corrected chi connectivity index (χ2v) is 5.76. The quantitative estimate of drug-likeness (QED) is 0.699. The van der Waals surface area contributed by atoms with Crippen molar-refractivity contribution >= 4 is 0 Å². The predicted molar refractivity (Wildman–Crippen MR) is 61.6 cm³/mol. The van der Waals surface area contributed by atoms with Crippen molar-refractivity contribution in [3.63, 3.8) is 0 Å². The fourth-order valence-electron chi connectivity index (χ4n) is 0.433. The molecule has 0 rings (SSSR count). The Morgan fingerprint density at radius 2 is 0.933 bits per heavy atom. The molecule has 15 heavy (non-hydrogen) atoms. The van der Waals surface area contributed by atoms with Gasteiger partial charge in [0, 0.05) is 0 Å². The van der Waals surface area contributed by atoms with Crippen LogP contribution in [0.4, 0.5) is 0 Å². The van der Waals surface area contributed by atoms with Crippen LogP contribution < -0.4 is 11.0 Å². The molecule has 0 bridgehead atoms. The molecule has 0 saturated carbocycles. The Morgan fingerprint density at radius 3 is 0.933 bits per heavy atom. The molecule has 0 saturated heterocycles. The number of hydroxylamine groups is 2. The molecule has 5 heteroatoms. The minimum Gasteiger partial charge on any atom is -0.788 e. The maximum absolute atomic E-state index is 9.70. The molecule has 0 unspecified atom stereocenters. The Hall–Kier alpha value is 0.528. The Balaban J connectivity index is -0.000000180. The molecular weight excluding hydrogens is 375 g/mol. The van der Waals surface area contributed by atoms with E-state index in [9.17, 15) is 10.4 Å². The number of hydrogen-bond donors (Lipinski definition) is 2. The minimum atomic E-state index is 0. The van der Waals surface area contributed by atoms with Crippen molar-refractivity contribution < 1.29 is 21.1 Å². The molecule has 0 aliphatic carbocycles. The molecule has 0 heterocycles. The summed E-state index contributed by atoms with van der Waals surface area (Å²) < 4.78 is 0. The Morgan fingerprint density at radius 1 is 0.733 bits per heavy atom. The van der Waals surface area contributed by atoms with Crippen LogP contribution in [0.25, 0.3) is 0 Å². The van der Waals surface area contributed by atoms with E-state index in [1.807, 2.05) is 52.5 Å². The van der Waals surface area contributed by atoms with E-state index in [1.54, 1.807) is 0 Å². The molecule has 0 aliphatic heterocycles. The van der Waals surface area contributed by atoms with Gasteiger partial charge in [0.15, 0.2) is 0 Å². The zero-order valence-corrected chi connectivity index (χ0v) is 12.8. The molecule has 96 valence electrons. The van der Waals surface area contributed by atoms with E-state index < -0.39 is 0 Å². The van der Waals surface area contributed by atoms with E-state index in [-0.39, 0.29) is 31.9 Å². The molecule has 0 spiro atoms. The predicted octanol–water partition coefficient (Wildman–Crippen LogP) is 2.24.